The van der Waals surface area contributed by atoms with E-state index in [1.165, 1.54) is 23.5 Å². The van der Waals surface area contributed by atoms with Crippen LogP contribution in [0, 0.1) is 0 Å². The summed E-state index contributed by atoms with van der Waals surface area (Å²) < 4.78 is 50.3. The number of imidazole rings is 1. The van der Waals surface area contributed by atoms with Crippen LogP contribution in [0.4, 0.5) is 16.4 Å². The maximum absolute atomic E-state index is 13.2. The predicted molar refractivity (Wildman–Crippen MR) is 149 cm³/mol. The summed E-state index contributed by atoms with van der Waals surface area (Å²) in [4.78, 5) is 44.8. The third kappa shape index (κ3) is 4.96. The van der Waals surface area contributed by atoms with Crippen molar-refractivity contribution >= 4 is 47.8 Å². The first-order valence-corrected chi connectivity index (χ1v) is 15.7. The Labute approximate surface area is 253 Å². The maximum Gasteiger partial charge on any atom is 0.508 e. The van der Waals surface area contributed by atoms with Crippen LogP contribution in [0.25, 0.3) is 22.2 Å². The predicted octanol–water partition coefficient (Wildman–Crippen LogP) is 0.795. The van der Waals surface area contributed by atoms with Gasteiger partial charge < -0.3 is 44.6 Å². The number of hydrogen-bond acceptors (Lipinski definition) is 16. The molecule has 5 N–H and O–H groups in total. The molecule has 4 aromatic rings. The average Bonchev–Trinajstić information content (AvgIpc) is 3.75. The van der Waals surface area contributed by atoms with Crippen LogP contribution in [0.15, 0.2) is 25.2 Å². The van der Waals surface area contributed by atoms with Gasteiger partial charge in [0.05, 0.1) is 18.3 Å². The molecule has 1 unspecified atom stereocenters. The van der Waals surface area contributed by atoms with Gasteiger partial charge in [0, 0.05) is 19.2 Å². The van der Waals surface area contributed by atoms with E-state index in [2.05, 4.69) is 30.2 Å². The summed E-state index contributed by atoms with van der Waals surface area (Å²) in [5.41, 5.74) is 8.07. The lowest BCUT2D eigenvalue weighted by Crippen LogP contribution is -2.37. The number of hydrogen-bond donors (Lipinski definition) is 4. The molecule has 2 bridgehead atoms. The van der Waals surface area contributed by atoms with Gasteiger partial charge in [0.15, 0.2) is 23.8 Å². The molecule has 4 aliphatic rings. The van der Waals surface area contributed by atoms with Crippen LogP contribution >= 0.6 is 7.82 Å². The Kier molecular flexibility index (Phi) is 6.86. The van der Waals surface area contributed by atoms with E-state index in [4.69, 9.17) is 33.7 Å². The SMILES string of the molecule is Nc1ncnc2c1ncn2[C@@H]1O[C@@H]2COP(=O)(O)O[C@H]3C[C@H](n4cc5c6c(ncnc64)NCCC5)O[C@@H]3COC(=O)O[C@@H]1[C@@H]2O. The molecule has 0 aliphatic carbocycles. The summed E-state index contributed by atoms with van der Waals surface area (Å²) in [6.45, 7) is -0.197. The highest BCUT2D eigenvalue weighted by molar-refractivity contribution is 7.47. The molecule has 8 atom stereocenters. The van der Waals surface area contributed by atoms with Crippen molar-refractivity contribution < 1.29 is 47.4 Å². The highest BCUT2D eigenvalue weighted by Crippen LogP contribution is 2.50. The highest BCUT2D eigenvalue weighted by Gasteiger charge is 2.50. The fourth-order valence-corrected chi connectivity index (χ4v) is 7.21. The first-order chi connectivity index (χ1) is 21.8. The Balaban J connectivity index is 1.07. The zero-order valence-electron chi connectivity index (χ0n) is 23.4. The normalized spacial score (nSPS) is 33.7. The molecule has 4 aliphatic heterocycles. The number of cyclic esters (lactones) is 1. The van der Waals surface area contributed by atoms with E-state index in [0.717, 1.165) is 36.2 Å². The fraction of sp³-hybridized carbons (Fsp3) is 0.520. The highest BCUT2D eigenvalue weighted by atomic mass is 31.2. The smallest absolute Gasteiger partial charge is 0.431 e. The number of nitrogens with one attached hydrogen (secondary N) is 1. The van der Waals surface area contributed by atoms with Gasteiger partial charge in [0.2, 0.25) is 0 Å². The molecule has 3 fully saturated rings. The summed E-state index contributed by atoms with van der Waals surface area (Å²) in [7, 11) is -4.75. The number of aryl methyl sites for hydroxylation is 1. The molecule has 0 amide bonds. The molecule has 20 heteroatoms. The molecule has 0 radical (unpaired) electrons. The number of anilines is 2. The third-order valence-corrected chi connectivity index (χ3v) is 9.35. The fourth-order valence-electron chi connectivity index (χ4n) is 6.25. The van der Waals surface area contributed by atoms with Gasteiger partial charge in [0.1, 0.15) is 66.9 Å². The lowest BCUT2D eigenvalue weighted by molar-refractivity contribution is -0.0852. The number of fused-ring (bicyclic) bond motifs is 4. The van der Waals surface area contributed by atoms with E-state index in [-0.39, 0.29) is 23.4 Å². The Morgan fingerprint density at radius 1 is 1.02 bits per heavy atom. The number of aliphatic hydroxyl groups excluding tert-OH is 1. The standard InChI is InChI=1S/C25H28N9O10P/c26-20-17-23(31-8-28-20)34(10-32-17)24-19-18(35)14(42-24)7-40-45(37,38)44-12-4-15(41-13(12)6-39-25(36)43-19)33-5-11-2-1-3-27-21-16(11)22(33)30-9-29-21/h5,8-10,12-15,18-19,24,35H,1-4,6-7H2,(H,37,38)(H2,26,28,31)(H,27,29,30)/t12-,13+,14+,15+,18+,19+,24+/m0/s1. The molecule has 4 aromatic heterocycles. The van der Waals surface area contributed by atoms with E-state index in [1.54, 1.807) is 0 Å². The summed E-state index contributed by atoms with van der Waals surface area (Å²) >= 11 is 0. The zero-order valence-corrected chi connectivity index (χ0v) is 24.3. The van der Waals surface area contributed by atoms with E-state index >= 15 is 0 Å². The van der Waals surface area contributed by atoms with Crippen molar-refractivity contribution in [3.63, 3.8) is 0 Å². The average molecular weight is 646 g/mol. The first kappa shape index (κ1) is 28.5. The molecule has 3 saturated heterocycles. The maximum atomic E-state index is 13.2. The monoisotopic (exact) mass is 645 g/mol. The van der Waals surface area contributed by atoms with Gasteiger partial charge in [-0.05, 0) is 18.4 Å². The second-order valence-electron chi connectivity index (χ2n) is 11.1. The minimum Gasteiger partial charge on any atom is -0.431 e. The second kappa shape index (κ2) is 10.8. The topological polar surface area (TPSA) is 242 Å². The first-order valence-electron chi connectivity index (χ1n) is 14.2. The minimum absolute atomic E-state index is 0.107. The van der Waals surface area contributed by atoms with Crippen LogP contribution in [0.3, 0.4) is 0 Å². The number of ether oxygens (including phenoxy) is 4. The second-order valence-corrected chi connectivity index (χ2v) is 12.5. The van der Waals surface area contributed by atoms with Crippen molar-refractivity contribution in [3.8, 4) is 0 Å². The summed E-state index contributed by atoms with van der Waals surface area (Å²) in [5, 5.41) is 15.2. The van der Waals surface area contributed by atoms with Crippen molar-refractivity contribution in [2.75, 3.05) is 30.8 Å². The van der Waals surface area contributed by atoms with Crippen LogP contribution in [-0.4, -0.2) is 100 Å². The molecular weight excluding hydrogens is 617 g/mol. The molecule has 45 heavy (non-hydrogen) atoms. The van der Waals surface area contributed by atoms with Crippen LogP contribution < -0.4 is 11.1 Å². The van der Waals surface area contributed by atoms with E-state index in [0.29, 0.717) is 5.65 Å². The number of rotatable bonds is 2. The largest absolute Gasteiger partial charge is 0.508 e. The zero-order chi connectivity index (χ0) is 30.9. The van der Waals surface area contributed by atoms with Crippen molar-refractivity contribution in [2.24, 2.45) is 0 Å². The van der Waals surface area contributed by atoms with Gasteiger partial charge in [-0.15, -0.1) is 0 Å². The quantitative estimate of drug-likeness (QED) is 0.174. The Bertz CT molecular complexity index is 1840. The van der Waals surface area contributed by atoms with E-state index in [9.17, 15) is 19.4 Å². The number of phosphoric ester groups is 1. The summed E-state index contributed by atoms with van der Waals surface area (Å²) in [5.74, 6) is 0.829. The van der Waals surface area contributed by atoms with Crippen molar-refractivity contribution in [2.45, 2.75) is 62.2 Å². The Morgan fingerprint density at radius 3 is 2.76 bits per heavy atom. The summed E-state index contributed by atoms with van der Waals surface area (Å²) in [6.07, 6.45) is -1.31. The molecule has 0 spiro atoms. The lowest BCUT2D eigenvalue weighted by Gasteiger charge is -2.23. The van der Waals surface area contributed by atoms with Crippen LogP contribution in [-0.2, 0) is 39.0 Å². The van der Waals surface area contributed by atoms with Gasteiger partial charge in [-0.3, -0.25) is 13.6 Å². The van der Waals surface area contributed by atoms with Crippen molar-refractivity contribution in [1.82, 2.24) is 34.1 Å². The van der Waals surface area contributed by atoms with Gasteiger partial charge in [-0.25, -0.2) is 34.3 Å². The number of aromatic nitrogens is 7. The molecule has 238 valence electrons. The van der Waals surface area contributed by atoms with E-state index in [1.807, 2.05) is 10.8 Å². The lowest BCUT2D eigenvalue weighted by atomic mass is 10.1. The van der Waals surface area contributed by atoms with Gasteiger partial charge >= 0.3 is 14.0 Å². The number of phosphoric acid groups is 1. The number of nitrogens with two attached hydrogens (primary N) is 1. The van der Waals surface area contributed by atoms with Crippen molar-refractivity contribution in [1.29, 1.82) is 0 Å². The Hall–Kier alpha value is -3.97. The molecule has 8 heterocycles. The minimum atomic E-state index is -4.75. The van der Waals surface area contributed by atoms with Gasteiger partial charge in [-0.1, -0.05) is 0 Å². The number of carbonyl (C=O) groups excluding carboxylic acids is 1. The van der Waals surface area contributed by atoms with Crippen LogP contribution in [0.1, 0.15) is 30.9 Å². The van der Waals surface area contributed by atoms with Crippen LogP contribution in [0.2, 0.25) is 0 Å². The molecule has 8 rings (SSSR count). The molecular formula is C25H28N9O10P. The molecule has 0 aromatic carbocycles. The number of nitrogens with zero attached hydrogens (tertiary/aromatic N) is 7. The Morgan fingerprint density at radius 2 is 1.87 bits per heavy atom. The molecule has 0 saturated carbocycles. The van der Waals surface area contributed by atoms with Crippen LogP contribution in [0.5, 0.6) is 0 Å². The number of nitrogen functional groups attached to an aromatic ring is 1. The van der Waals surface area contributed by atoms with Gasteiger partial charge in [0.25, 0.3) is 0 Å². The van der Waals surface area contributed by atoms with E-state index < -0.39 is 70.2 Å². The van der Waals surface area contributed by atoms with Crippen molar-refractivity contribution in [3.05, 3.63) is 30.7 Å². The van der Waals surface area contributed by atoms with Gasteiger partial charge in [-0.2, -0.15) is 0 Å². The third-order valence-electron chi connectivity index (χ3n) is 8.34. The summed E-state index contributed by atoms with van der Waals surface area (Å²) in [6, 6.07) is 0. The molecule has 19 nitrogen and oxygen atoms in total. The number of aliphatic hydroxyl groups is 1. The number of carbonyl (C=O) groups is 1.